The average Bonchev–Trinajstić information content (AvgIpc) is 2.54. The van der Waals surface area contributed by atoms with Gasteiger partial charge in [0.25, 0.3) is 0 Å². The number of hydrogen-bond acceptors (Lipinski definition) is 7. The molecule has 0 spiro atoms. The number of sulfone groups is 1. The molecule has 0 amide bonds. The monoisotopic (exact) mass is 343 g/mol. The molecule has 4 atom stereocenters. The van der Waals surface area contributed by atoms with Gasteiger partial charge in [-0.3, -0.25) is 0 Å². The maximum atomic E-state index is 11.7. The molecule has 1 saturated heterocycles. The van der Waals surface area contributed by atoms with Crippen LogP contribution >= 0.6 is 0 Å². The van der Waals surface area contributed by atoms with E-state index in [9.17, 15) is 23.4 Å². The second kappa shape index (κ2) is 7.98. The number of ether oxygens (including phenoxy) is 1. The number of benzene rings is 1. The Hall–Kier alpha value is -1.32. The minimum atomic E-state index is -3.26. The van der Waals surface area contributed by atoms with Crippen LogP contribution in [-0.2, 0) is 26.0 Å². The molecule has 1 fully saturated rings. The SMILES string of the molecule is O=C[C@H](O)[C@@H](OCc1ccccc1)[C@H](O)[C@@H]1CS(=O)(=O)CCN1. The van der Waals surface area contributed by atoms with E-state index in [1.165, 1.54) is 0 Å². The van der Waals surface area contributed by atoms with E-state index in [2.05, 4.69) is 5.32 Å². The van der Waals surface area contributed by atoms with Crippen LogP contribution in [0, 0.1) is 0 Å². The van der Waals surface area contributed by atoms with Crippen LogP contribution in [0.15, 0.2) is 30.3 Å². The molecule has 128 valence electrons. The number of carbonyl (C=O) groups excluding carboxylic acids is 1. The van der Waals surface area contributed by atoms with E-state index in [-0.39, 0.29) is 30.9 Å². The van der Waals surface area contributed by atoms with Gasteiger partial charge >= 0.3 is 0 Å². The highest BCUT2D eigenvalue weighted by atomic mass is 32.2. The molecule has 0 bridgehead atoms. The minimum absolute atomic E-state index is 0.00198. The lowest BCUT2D eigenvalue weighted by atomic mass is 10.0. The van der Waals surface area contributed by atoms with E-state index in [0.29, 0.717) is 0 Å². The van der Waals surface area contributed by atoms with Crippen LogP contribution in [0.1, 0.15) is 5.56 Å². The summed E-state index contributed by atoms with van der Waals surface area (Å²) in [6.45, 7) is 0.305. The maximum Gasteiger partial charge on any atom is 0.153 e. The standard InChI is InChI=1S/C15H21NO6S/c17-8-13(18)15(22-9-11-4-2-1-3-5-11)14(19)12-10-23(20,21)7-6-16-12/h1-5,8,12-16,18-19H,6-7,9-10H2/t12-,13-,14+,15+/m0/s1. The summed E-state index contributed by atoms with van der Waals surface area (Å²) in [5.41, 5.74) is 0.812. The molecule has 2 rings (SSSR count). The lowest BCUT2D eigenvalue weighted by molar-refractivity contribution is -0.138. The van der Waals surface area contributed by atoms with Gasteiger partial charge in [0.1, 0.15) is 12.2 Å². The molecule has 3 N–H and O–H groups in total. The van der Waals surface area contributed by atoms with E-state index in [4.69, 9.17) is 4.74 Å². The molecule has 23 heavy (non-hydrogen) atoms. The van der Waals surface area contributed by atoms with Crippen molar-refractivity contribution < 1.29 is 28.2 Å². The number of hydrogen-bond donors (Lipinski definition) is 3. The van der Waals surface area contributed by atoms with E-state index in [0.717, 1.165) is 5.56 Å². The highest BCUT2D eigenvalue weighted by molar-refractivity contribution is 7.91. The fourth-order valence-corrected chi connectivity index (χ4v) is 3.96. The largest absolute Gasteiger partial charge is 0.389 e. The molecule has 0 aromatic heterocycles. The number of nitrogens with one attached hydrogen (secondary N) is 1. The van der Waals surface area contributed by atoms with Gasteiger partial charge in [0, 0.05) is 12.6 Å². The second-order valence-corrected chi connectivity index (χ2v) is 7.78. The lowest BCUT2D eigenvalue weighted by Gasteiger charge is -2.33. The van der Waals surface area contributed by atoms with Crippen molar-refractivity contribution in [3.63, 3.8) is 0 Å². The van der Waals surface area contributed by atoms with Crippen LogP contribution < -0.4 is 5.32 Å². The molecule has 1 aliphatic heterocycles. The molecule has 1 aliphatic rings. The van der Waals surface area contributed by atoms with Crippen molar-refractivity contribution in [1.82, 2.24) is 5.32 Å². The first kappa shape index (κ1) is 18.0. The molecular formula is C15H21NO6S. The van der Waals surface area contributed by atoms with E-state index in [1.807, 2.05) is 18.2 Å². The first-order valence-corrected chi connectivity index (χ1v) is 9.16. The fraction of sp³-hybridized carbons (Fsp3) is 0.533. The van der Waals surface area contributed by atoms with Crippen LogP contribution in [-0.4, -0.2) is 67.3 Å². The summed E-state index contributed by atoms with van der Waals surface area (Å²) < 4.78 is 28.9. The highest BCUT2D eigenvalue weighted by Crippen LogP contribution is 2.15. The summed E-state index contributed by atoms with van der Waals surface area (Å²) in [5.74, 6) is -0.257. The van der Waals surface area contributed by atoms with Gasteiger partial charge < -0.3 is 25.1 Å². The van der Waals surface area contributed by atoms with Gasteiger partial charge in [-0.15, -0.1) is 0 Å². The summed E-state index contributed by atoms with van der Waals surface area (Å²) in [7, 11) is -3.26. The lowest BCUT2D eigenvalue weighted by Crippen LogP contribution is -2.57. The number of aldehydes is 1. The van der Waals surface area contributed by atoms with Crippen LogP contribution in [0.5, 0.6) is 0 Å². The maximum absolute atomic E-state index is 11.7. The molecule has 0 saturated carbocycles. The van der Waals surface area contributed by atoms with Crippen molar-refractivity contribution in [3.8, 4) is 0 Å². The Bertz CT molecular complexity index is 606. The number of aliphatic hydroxyl groups is 2. The van der Waals surface area contributed by atoms with Gasteiger partial charge in [-0.1, -0.05) is 30.3 Å². The topological polar surface area (TPSA) is 113 Å². The number of rotatable bonds is 7. The number of carbonyl (C=O) groups is 1. The molecule has 1 heterocycles. The molecule has 8 heteroatoms. The third-order valence-electron chi connectivity index (χ3n) is 3.76. The van der Waals surface area contributed by atoms with Gasteiger partial charge in [-0.2, -0.15) is 0 Å². The predicted octanol–water partition coefficient (Wildman–Crippen LogP) is -1.12. The molecule has 0 aliphatic carbocycles. The Balaban J connectivity index is 2.06. The van der Waals surface area contributed by atoms with Crippen LogP contribution in [0.2, 0.25) is 0 Å². The smallest absolute Gasteiger partial charge is 0.153 e. The summed E-state index contributed by atoms with van der Waals surface area (Å²) in [5, 5.41) is 23.1. The normalized spacial score (nSPS) is 24.5. The van der Waals surface area contributed by atoms with Gasteiger partial charge in [0.2, 0.25) is 0 Å². The summed E-state index contributed by atoms with van der Waals surface area (Å²) >= 11 is 0. The zero-order valence-electron chi connectivity index (χ0n) is 12.5. The van der Waals surface area contributed by atoms with Crippen molar-refractivity contribution >= 4 is 16.1 Å². The second-order valence-electron chi connectivity index (χ2n) is 5.55. The Morgan fingerprint density at radius 2 is 2.00 bits per heavy atom. The van der Waals surface area contributed by atoms with Crippen LogP contribution in [0.25, 0.3) is 0 Å². The Morgan fingerprint density at radius 1 is 1.30 bits per heavy atom. The Morgan fingerprint density at radius 3 is 2.61 bits per heavy atom. The zero-order chi connectivity index (χ0) is 16.9. The number of aliphatic hydroxyl groups excluding tert-OH is 2. The third-order valence-corrected chi connectivity index (χ3v) is 5.46. The molecule has 0 unspecified atom stereocenters. The van der Waals surface area contributed by atoms with Gasteiger partial charge in [-0.05, 0) is 5.56 Å². The van der Waals surface area contributed by atoms with Gasteiger partial charge in [0.15, 0.2) is 16.1 Å². The van der Waals surface area contributed by atoms with Crippen molar-refractivity contribution in [3.05, 3.63) is 35.9 Å². The average molecular weight is 343 g/mol. The van der Waals surface area contributed by atoms with Crippen molar-refractivity contribution in [2.75, 3.05) is 18.1 Å². The predicted molar refractivity (Wildman–Crippen MR) is 83.5 cm³/mol. The summed E-state index contributed by atoms with van der Waals surface area (Å²) in [6, 6.07) is 8.29. The zero-order valence-corrected chi connectivity index (χ0v) is 13.4. The Labute approximate surface area is 135 Å². The van der Waals surface area contributed by atoms with E-state index < -0.39 is 34.2 Å². The molecule has 0 radical (unpaired) electrons. The van der Waals surface area contributed by atoms with E-state index >= 15 is 0 Å². The minimum Gasteiger partial charge on any atom is -0.389 e. The van der Waals surface area contributed by atoms with Crippen LogP contribution in [0.3, 0.4) is 0 Å². The first-order valence-electron chi connectivity index (χ1n) is 7.34. The quantitative estimate of drug-likeness (QED) is 0.538. The van der Waals surface area contributed by atoms with Crippen LogP contribution in [0.4, 0.5) is 0 Å². The van der Waals surface area contributed by atoms with Crippen molar-refractivity contribution in [2.45, 2.75) is 31.0 Å². The molecular weight excluding hydrogens is 322 g/mol. The summed E-state index contributed by atoms with van der Waals surface area (Å²) in [4.78, 5) is 10.9. The first-order chi connectivity index (χ1) is 10.9. The highest BCUT2D eigenvalue weighted by Gasteiger charge is 2.37. The fourth-order valence-electron chi connectivity index (χ4n) is 2.51. The van der Waals surface area contributed by atoms with Gasteiger partial charge in [0.05, 0.1) is 24.2 Å². The third kappa shape index (κ3) is 5.08. The van der Waals surface area contributed by atoms with Gasteiger partial charge in [-0.25, -0.2) is 8.42 Å². The summed E-state index contributed by atoms with van der Waals surface area (Å²) in [6.07, 6.45) is -3.80. The molecule has 1 aromatic carbocycles. The Kier molecular flexibility index (Phi) is 6.25. The molecule has 7 nitrogen and oxygen atoms in total. The van der Waals surface area contributed by atoms with E-state index in [1.54, 1.807) is 12.1 Å². The van der Waals surface area contributed by atoms with Crippen molar-refractivity contribution in [2.24, 2.45) is 0 Å². The molecule has 1 aromatic rings. The van der Waals surface area contributed by atoms with Crippen molar-refractivity contribution in [1.29, 1.82) is 0 Å².